The zero-order chi connectivity index (χ0) is 23.7. The van der Waals surface area contributed by atoms with Crippen molar-refractivity contribution in [2.24, 2.45) is 10.5 Å². The van der Waals surface area contributed by atoms with Gasteiger partial charge in [0.1, 0.15) is 0 Å². The summed E-state index contributed by atoms with van der Waals surface area (Å²) in [5, 5.41) is 5.14. The predicted octanol–water partition coefficient (Wildman–Crippen LogP) is 4.96. The Hall–Kier alpha value is -2.64. The van der Waals surface area contributed by atoms with Crippen molar-refractivity contribution in [3.8, 4) is 0 Å². The summed E-state index contributed by atoms with van der Waals surface area (Å²) < 4.78 is 33.1. The summed E-state index contributed by atoms with van der Waals surface area (Å²) in [6.45, 7) is 9.57. The largest absolute Gasteiger partial charge is 0.466 e. The Bertz CT molecular complexity index is 1170. The van der Waals surface area contributed by atoms with Crippen LogP contribution in [0.5, 0.6) is 0 Å². The van der Waals surface area contributed by atoms with E-state index < -0.39 is 27.4 Å². The first-order valence-corrected chi connectivity index (χ1v) is 12.0. The van der Waals surface area contributed by atoms with Crippen molar-refractivity contribution in [2.75, 3.05) is 7.11 Å². The number of hydrazone groups is 1. The standard InChI is InChI=1S/C24H27ClN2O4S/c1-16-9-12-20(13-10-16)32(29,30)27-21(14-11-17(2)23(28)31-5)24(3,4)22(26-27)18-7-6-8-19(25)15-18/h6-10,12-13,15,21H,2,11,14H2,1,3-5H3/t21-/m0/s1. The van der Waals surface area contributed by atoms with Crippen LogP contribution in [-0.2, 0) is 19.6 Å². The number of esters is 1. The Kier molecular flexibility index (Phi) is 6.81. The SMILES string of the molecule is C=C(CC[C@@H]1N(S(=O)(=O)c2ccc(C)cc2)N=C(c2cccc(Cl)c2)C1(C)C)C(=O)OC. The number of hydrogen-bond acceptors (Lipinski definition) is 5. The number of methoxy groups -OCH3 is 1. The van der Waals surface area contributed by atoms with Gasteiger partial charge in [-0.25, -0.2) is 4.79 Å². The van der Waals surface area contributed by atoms with E-state index in [2.05, 4.69) is 11.7 Å². The fourth-order valence-corrected chi connectivity index (χ4v) is 5.64. The zero-order valence-electron chi connectivity index (χ0n) is 18.6. The van der Waals surface area contributed by atoms with E-state index in [-0.39, 0.29) is 16.9 Å². The summed E-state index contributed by atoms with van der Waals surface area (Å²) in [4.78, 5) is 12.0. The summed E-state index contributed by atoms with van der Waals surface area (Å²) in [6.07, 6.45) is 0.624. The predicted molar refractivity (Wildman–Crippen MR) is 126 cm³/mol. The first kappa shape index (κ1) is 24.0. The molecular weight excluding hydrogens is 448 g/mol. The molecule has 6 nitrogen and oxygen atoms in total. The lowest BCUT2D eigenvalue weighted by Gasteiger charge is -2.32. The van der Waals surface area contributed by atoms with Gasteiger partial charge < -0.3 is 4.74 Å². The Morgan fingerprint density at radius 1 is 1.22 bits per heavy atom. The monoisotopic (exact) mass is 474 g/mol. The van der Waals surface area contributed by atoms with Crippen LogP contribution in [0.4, 0.5) is 0 Å². The lowest BCUT2D eigenvalue weighted by molar-refractivity contribution is -0.136. The topological polar surface area (TPSA) is 76.0 Å². The molecule has 0 spiro atoms. The third kappa shape index (κ3) is 4.59. The van der Waals surface area contributed by atoms with Gasteiger partial charge in [0, 0.05) is 16.0 Å². The van der Waals surface area contributed by atoms with Crippen molar-refractivity contribution in [3.63, 3.8) is 0 Å². The van der Waals surface area contributed by atoms with E-state index in [0.717, 1.165) is 11.1 Å². The summed E-state index contributed by atoms with van der Waals surface area (Å²) in [7, 11) is -2.64. The molecule has 1 aliphatic rings. The number of sulfonamides is 1. The number of benzene rings is 2. The molecule has 1 atom stereocenters. The third-order valence-corrected chi connectivity index (χ3v) is 7.70. The van der Waals surface area contributed by atoms with Crippen LogP contribution in [0.3, 0.4) is 0 Å². The molecule has 0 amide bonds. The normalized spacial score (nSPS) is 17.7. The van der Waals surface area contributed by atoms with Gasteiger partial charge in [0.15, 0.2) is 0 Å². The number of ether oxygens (including phenoxy) is 1. The van der Waals surface area contributed by atoms with E-state index in [1.54, 1.807) is 36.4 Å². The molecule has 8 heteroatoms. The highest BCUT2D eigenvalue weighted by Crippen LogP contribution is 2.42. The van der Waals surface area contributed by atoms with Gasteiger partial charge in [-0.15, -0.1) is 0 Å². The fraction of sp³-hybridized carbons (Fsp3) is 0.333. The van der Waals surface area contributed by atoms with E-state index in [1.165, 1.54) is 11.5 Å². The third-order valence-electron chi connectivity index (χ3n) is 5.77. The molecule has 0 saturated heterocycles. The van der Waals surface area contributed by atoms with Crippen LogP contribution in [0, 0.1) is 12.3 Å². The van der Waals surface area contributed by atoms with Crippen molar-refractivity contribution < 1.29 is 17.9 Å². The number of aryl methyl sites for hydroxylation is 1. The van der Waals surface area contributed by atoms with Crippen molar-refractivity contribution in [1.82, 2.24) is 4.41 Å². The van der Waals surface area contributed by atoms with Gasteiger partial charge in [-0.3, -0.25) is 0 Å². The molecule has 3 rings (SSSR count). The number of carbonyl (C=O) groups is 1. The number of rotatable bonds is 7. The summed E-state index contributed by atoms with van der Waals surface area (Å²) in [5.74, 6) is -0.510. The smallest absolute Gasteiger partial charge is 0.333 e. The van der Waals surface area contributed by atoms with Crippen molar-refractivity contribution >= 4 is 33.3 Å². The van der Waals surface area contributed by atoms with Crippen LogP contribution in [0.25, 0.3) is 0 Å². The molecule has 2 aromatic carbocycles. The summed E-state index contributed by atoms with van der Waals surface area (Å²) in [5.41, 5.74) is 1.95. The van der Waals surface area contributed by atoms with Gasteiger partial charge in [0.05, 0.1) is 23.8 Å². The van der Waals surface area contributed by atoms with E-state index in [4.69, 9.17) is 16.3 Å². The van der Waals surface area contributed by atoms with Gasteiger partial charge in [0.25, 0.3) is 10.0 Å². The maximum Gasteiger partial charge on any atom is 0.333 e. The average Bonchev–Trinajstić information content (AvgIpc) is 3.02. The van der Waals surface area contributed by atoms with Gasteiger partial charge in [-0.1, -0.05) is 61.9 Å². The molecule has 32 heavy (non-hydrogen) atoms. The maximum absolute atomic E-state index is 13.6. The molecule has 1 heterocycles. The van der Waals surface area contributed by atoms with Gasteiger partial charge >= 0.3 is 5.97 Å². The zero-order valence-corrected chi connectivity index (χ0v) is 20.2. The minimum atomic E-state index is -3.93. The van der Waals surface area contributed by atoms with Crippen LogP contribution in [0.2, 0.25) is 5.02 Å². The molecule has 170 valence electrons. The lowest BCUT2D eigenvalue weighted by atomic mass is 9.76. The van der Waals surface area contributed by atoms with E-state index in [9.17, 15) is 13.2 Å². The molecule has 0 saturated carbocycles. The summed E-state index contributed by atoms with van der Waals surface area (Å²) >= 11 is 6.19. The van der Waals surface area contributed by atoms with Crippen molar-refractivity contribution in [3.05, 3.63) is 76.8 Å². The number of hydrogen-bond donors (Lipinski definition) is 0. The maximum atomic E-state index is 13.6. The van der Waals surface area contributed by atoms with Gasteiger partial charge in [0.2, 0.25) is 0 Å². The fourth-order valence-electron chi connectivity index (χ4n) is 3.86. The van der Waals surface area contributed by atoms with Crippen molar-refractivity contribution in [2.45, 2.75) is 44.6 Å². The Morgan fingerprint density at radius 3 is 2.47 bits per heavy atom. The Morgan fingerprint density at radius 2 is 1.88 bits per heavy atom. The molecule has 0 aliphatic carbocycles. The average molecular weight is 475 g/mol. The highest BCUT2D eigenvalue weighted by Gasteiger charge is 2.49. The molecule has 0 unspecified atom stereocenters. The Labute approximate surface area is 194 Å². The second-order valence-corrected chi connectivity index (χ2v) is 10.7. The van der Waals surface area contributed by atoms with Crippen molar-refractivity contribution in [1.29, 1.82) is 0 Å². The molecular formula is C24H27ClN2O4S. The van der Waals surface area contributed by atoms with E-state index >= 15 is 0 Å². The molecule has 0 bridgehead atoms. The van der Waals surface area contributed by atoms with E-state index in [1.807, 2.05) is 32.9 Å². The minimum absolute atomic E-state index is 0.159. The highest BCUT2D eigenvalue weighted by atomic mass is 35.5. The van der Waals surface area contributed by atoms with Gasteiger partial charge in [-0.2, -0.15) is 17.9 Å². The number of carbonyl (C=O) groups excluding carboxylic acids is 1. The summed E-state index contributed by atoms with van der Waals surface area (Å²) in [6, 6.07) is 13.3. The van der Waals surface area contributed by atoms with Gasteiger partial charge in [-0.05, 0) is 49.6 Å². The van der Waals surface area contributed by atoms with Crippen LogP contribution in [-0.4, -0.2) is 37.7 Å². The van der Waals surface area contributed by atoms with Crippen LogP contribution in [0.1, 0.15) is 37.8 Å². The first-order valence-electron chi connectivity index (χ1n) is 10.2. The molecule has 0 aromatic heterocycles. The number of halogens is 1. The molecule has 2 aromatic rings. The van der Waals surface area contributed by atoms with Crippen LogP contribution < -0.4 is 0 Å². The van der Waals surface area contributed by atoms with Crippen LogP contribution in [0.15, 0.2) is 70.7 Å². The number of nitrogens with zero attached hydrogens (tertiary/aromatic N) is 2. The minimum Gasteiger partial charge on any atom is -0.466 e. The van der Waals surface area contributed by atoms with E-state index in [0.29, 0.717) is 17.2 Å². The van der Waals surface area contributed by atoms with Crippen LogP contribution >= 0.6 is 11.6 Å². The molecule has 0 N–H and O–H groups in total. The second kappa shape index (κ2) is 9.08. The molecule has 0 fully saturated rings. The lowest BCUT2D eigenvalue weighted by Crippen LogP contribution is -2.42. The molecule has 1 aliphatic heterocycles. The molecule has 0 radical (unpaired) electrons. The second-order valence-electron chi connectivity index (χ2n) is 8.42. The quantitative estimate of drug-likeness (QED) is 0.419. The first-order chi connectivity index (χ1) is 15.0. The highest BCUT2D eigenvalue weighted by molar-refractivity contribution is 7.89. The Balaban J connectivity index is 2.07.